The number of halogens is 1. The summed E-state index contributed by atoms with van der Waals surface area (Å²) in [6, 6.07) is 11.9. The molecule has 0 unspecified atom stereocenters. The molecule has 0 spiro atoms. The van der Waals surface area contributed by atoms with E-state index in [1.165, 1.54) is 12.8 Å². The van der Waals surface area contributed by atoms with Crippen LogP contribution in [-0.2, 0) is 6.54 Å². The van der Waals surface area contributed by atoms with Crippen molar-refractivity contribution in [2.45, 2.75) is 31.8 Å². The summed E-state index contributed by atoms with van der Waals surface area (Å²) in [7, 11) is 0. The molecular weight excluding hydrogens is 251 g/mol. The zero-order valence-corrected chi connectivity index (χ0v) is 11.7. The van der Waals surface area contributed by atoms with Crippen molar-refractivity contribution in [3.63, 3.8) is 0 Å². The molecule has 1 fully saturated rings. The van der Waals surface area contributed by atoms with E-state index in [0.717, 1.165) is 43.0 Å². The Balaban J connectivity index is 1.53. The van der Waals surface area contributed by atoms with Crippen molar-refractivity contribution in [1.29, 1.82) is 0 Å². The zero-order chi connectivity index (χ0) is 13.8. The van der Waals surface area contributed by atoms with Gasteiger partial charge in [0.25, 0.3) is 0 Å². The van der Waals surface area contributed by atoms with Crippen LogP contribution in [-0.4, -0.2) is 19.1 Å². The Labute approximate surface area is 119 Å². The van der Waals surface area contributed by atoms with Gasteiger partial charge in [-0.25, -0.2) is 4.39 Å². The Morgan fingerprint density at radius 1 is 1.00 bits per heavy atom. The lowest BCUT2D eigenvalue weighted by Crippen LogP contribution is -2.23. The van der Waals surface area contributed by atoms with Gasteiger partial charge in [0.05, 0.1) is 0 Å². The van der Waals surface area contributed by atoms with Crippen molar-refractivity contribution in [3.05, 3.63) is 47.8 Å². The predicted octanol–water partition coefficient (Wildman–Crippen LogP) is 3.21. The maximum atomic E-state index is 13.7. The molecule has 1 aliphatic carbocycles. The van der Waals surface area contributed by atoms with Crippen LogP contribution in [0.3, 0.4) is 0 Å². The van der Waals surface area contributed by atoms with Crippen LogP contribution in [0.2, 0.25) is 0 Å². The molecule has 1 saturated carbocycles. The smallest absolute Gasteiger partial charge is 0.131 e. The first kappa shape index (κ1) is 13.5. The molecule has 20 heavy (non-hydrogen) atoms. The minimum Gasteiger partial charge on any atom is -0.314 e. The third kappa shape index (κ3) is 3.35. The van der Waals surface area contributed by atoms with Crippen LogP contribution in [0.5, 0.6) is 0 Å². The summed E-state index contributed by atoms with van der Waals surface area (Å²) < 4.78 is 13.7. The van der Waals surface area contributed by atoms with Gasteiger partial charge >= 0.3 is 0 Å². The van der Waals surface area contributed by atoms with Gasteiger partial charge in [0.1, 0.15) is 5.82 Å². The molecule has 2 N–H and O–H groups in total. The van der Waals surface area contributed by atoms with Crippen molar-refractivity contribution >= 4 is 10.8 Å². The highest BCUT2D eigenvalue weighted by atomic mass is 19.1. The Morgan fingerprint density at radius 2 is 1.80 bits per heavy atom. The number of benzene rings is 2. The van der Waals surface area contributed by atoms with E-state index in [1.807, 2.05) is 30.3 Å². The molecule has 2 nitrogen and oxygen atoms in total. The molecule has 0 bridgehead atoms. The summed E-state index contributed by atoms with van der Waals surface area (Å²) in [6.07, 6.45) is 3.82. The molecule has 0 radical (unpaired) electrons. The average Bonchev–Trinajstić information content (AvgIpc) is 3.29. The molecule has 0 aromatic heterocycles. The summed E-state index contributed by atoms with van der Waals surface area (Å²) in [4.78, 5) is 0. The molecule has 2 aromatic carbocycles. The van der Waals surface area contributed by atoms with Gasteiger partial charge in [-0.2, -0.15) is 0 Å². The van der Waals surface area contributed by atoms with Crippen LogP contribution in [0.4, 0.5) is 4.39 Å². The molecular formula is C17H21FN2. The van der Waals surface area contributed by atoms with E-state index in [-0.39, 0.29) is 5.82 Å². The Kier molecular flexibility index (Phi) is 4.28. The number of hydrogen-bond acceptors (Lipinski definition) is 2. The summed E-state index contributed by atoms with van der Waals surface area (Å²) in [5.41, 5.74) is 1.16. The van der Waals surface area contributed by atoms with Crippen LogP contribution in [0.25, 0.3) is 10.8 Å². The average molecular weight is 272 g/mol. The van der Waals surface area contributed by atoms with Gasteiger partial charge in [-0.05, 0) is 49.4 Å². The first-order valence-corrected chi connectivity index (χ1v) is 7.45. The van der Waals surface area contributed by atoms with E-state index < -0.39 is 0 Å². The number of rotatable bonds is 7. The maximum absolute atomic E-state index is 13.7. The minimum absolute atomic E-state index is 0.141. The first-order chi connectivity index (χ1) is 9.84. The summed E-state index contributed by atoms with van der Waals surface area (Å²) >= 11 is 0. The molecule has 2 aromatic rings. The molecule has 0 saturated heterocycles. The van der Waals surface area contributed by atoms with Gasteiger partial charge in [0, 0.05) is 18.0 Å². The van der Waals surface area contributed by atoms with Crippen LogP contribution in [0.15, 0.2) is 36.4 Å². The number of fused-ring (bicyclic) bond motifs is 1. The molecule has 106 valence electrons. The highest BCUT2D eigenvalue weighted by Crippen LogP contribution is 2.21. The third-order valence-corrected chi connectivity index (χ3v) is 3.82. The van der Waals surface area contributed by atoms with E-state index in [9.17, 15) is 4.39 Å². The molecule has 0 amide bonds. The van der Waals surface area contributed by atoms with Crippen molar-refractivity contribution < 1.29 is 4.39 Å². The van der Waals surface area contributed by atoms with Gasteiger partial charge in [0.2, 0.25) is 0 Å². The fourth-order valence-corrected chi connectivity index (χ4v) is 2.51. The van der Waals surface area contributed by atoms with Gasteiger partial charge in [-0.3, -0.25) is 0 Å². The van der Waals surface area contributed by atoms with E-state index >= 15 is 0 Å². The van der Waals surface area contributed by atoms with Crippen molar-refractivity contribution in [2.24, 2.45) is 0 Å². The van der Waals surface area contributed by atoms with Crippen molar-refractivity contribution in [1.82, 2.24) is 10.6 Å². The van der Waals surface area contributed by atoms with Crippen molar-refractivity contribution in [3.8, 4) is 0 Å². The zero-order valence-electron chi connectivity index (χ0n) is 11.7. The fraction of sp³-hybridized carbons (Fsp3) is 0.412. The SMILES string of the molecule is Fc1ccc(CNCCCNC2CC2)c2ccccc12. The third-order valence-electron chi connectivity index (χ3n) is 3.82. The predicted molar refractivity (Wildman–Crippen MR) is 81.3 cm³/mol. The van der Waals surface area contributed by atoms with Gasteiger partial charge in [-0.1, -0.05) is 30.3 Å². The second kappa shape index (κ2) is 6.33. The Hall–Kier alpha value is -1.45. The first-order valence-electron chi connectivity index (χ1n) is 7.45. The Morgan fingerprint density at radius 3 is 2.60 bits per heavy atom. The lowest BCUT2D eigenvalue weighted by atomic mass is 10.0. The van der Waals surface area contributed by atoms with Gasteiger partial charge < -0.3 is 10.6 Å². The molecule has 1 aliphatic rings. The minimum atomic E-state index is -0.141. The largest absolute Gasteiger partial charge is 0.314 e. The van der Waals surface area contributed by atoms with Crippen LogP contribution >= 0.6 is 0 Å². The summed E-state index contributed by atoms with van der Waals surface area (Å²) in [6.45, 7) is 2.87. The van der Waals surface area contributed by atoms with Gasteiger partial charge in [0.15, 0.2) is 0 Å². The maximum Gasteiger partial charge on any atom is 0.131 e. The van der Waals surface area contributed by atoms with Crippen LogP contribution in [0, 0.1) is 5.82 Å². The Bertz CT molecular complexity index is 578. The van der Waals surface area contributed by atoms with Crippen molar-refractivity contribution in [2.75, 3.05) is 13.1 Å². The summed E-state index contributed by atoms with van der Waals surface area (Å²) in [5, 5.41) is 8.67. The van der Waals surface area contributed by atoms with E-state index in [1.54, 1.807) is 6.07 Å². The second-order valence-electron chi connectivity index (χ2n) is 5.51. The van der Waals surface area contributed by atoms with Crippen LogP contribution < -0.4 is 10.6 Å². The molecule has 0 aliphatic heterocycles. The van der Waals surface area contributed by atoms with Crippen LogP contribution in [0.1, 0.15) is 24.8 Å². The standard InChI is InChI=1S/C17H21FN2/c18-17-9-6-13(15-4-1-2-5-16(15)17)12-19-10-3-11-20-14-7-8-14/h1-2,4-6,9,14,19-20H,3,7-8,10-12H2. The van der Waals surface area contributed by atoms with E-state index in [4.69, 9.17) is 0 Å². The highest BCUT2D eigenvalue weighted by molar-refractivity contribution is 5.86. The fourth-order valence-electron chi connectivity index (χ4n) is 2.51. The quantitative estimate of drug-likeness (QED) is 0.756. The number of nitrogens with one attached hydrogen (secondary N) is 2. The monoisotopic (exact) mass is 272 g/mol. The molecule has 0 atom stereocenters. The normalized spacial score (nSPS) is 14.8. The lowest BCUT2D eigenvalue weighted by Gasteiger charge is -2.09. The highest BCUT2D eigenvalue weighted by Gasteiger charge is 2.19. The molecule has 3 heteroatoms. The summed E-state index contributed by atoms with van der Waals surface area (Å²) in [5.74, 6) is -0.141. The second-order valence-corrected chi connectivity index (χ2v) is 5.51. The topological polar surface area (TPSA) is 24.1 Å². The lowest BCUT2D eigenvalue weighted by molar-refractivity contribution is 0.593. The van der Waals surface area contributed by atoms with E-state index in [2.05, 4.69) is 10.6 Å². The van der Waals surface area contributed by atoms with Gasteiger partial charge in [-0.15, -0.1) is 0 Å². The molecule has 3 rings (SSSR count). The van der Waals surface area contributed by atoms with E-state index in [0.29, 0.717) is 5.39 Å². The molecule has 0 heterocycles. The number of hydrogen-bond donors (Lipinski definition) is 2.